The van der Waals surface area contributed by atoms with Crippen LogP contribution in [0.3, 0.4) is 0 Å². The zero-order valence-corrected chi connectivity index (χ0v) is 11.0. The molecular weight excluding hydrogens is 240 g/mol. The van der Waals surface area contributed by atoms with Gasteiger partial charge >= 0.3 is 5.97 Å². The van der Waals surface area contributed by atoms with Crippen LogP contribution in [-0.2, 0) is 6.42 Å². The lowest BCUT2D eigenvalue weighted by Gasteiger charge is -2.08. The van der Waals surface area contributed by atoms with E-state index in [9.17, 15) is 9.90 Å². The highest BCUT2D eigenvalue weighted by atomic mass is 16.4. The van der Waals surface area contributed by atoms with Gasteiger partial charge in [-0.2, -0.15) is 0 Å². The summed E-state index contributed by atoms with van der Waals surface area (Å²) in [5.74, 6) is -0.576. The van der Waals surface area contributed by atoms with Crippen molar-refractivity contribution in [2.45, 2.75) is 20.3 Å². The summed E-state index contributed by atoms with van der Waals surface area (Å²) in [6.45, 7) is 3.75. The first kappa shape index (κ1) is 13.1. The van der Waals surface area contributed by atoms with Crippen molar-refractivity contribution in [2.24, 2.45) is 0 Å². The molecule has 2 N–H and O–H groups in total. The largest absolute Gasteiger partial charge is 0.507 e. The molecule has 0 saturated carbocycles. The molecule has 2 rings (SSSR count). The molecule has 0 unspecified atom stereocenters. The molecule has 0 amide bonds. The Bertz CT molecular complexity index is 589. The summed E-state index contributed by atoms with van der Waals surface area (Å²) >= 11 is 0. The van der Waals surface area contributed by atoms with Crippen molar-refractivity contribution in [3.05, 3.63) is 64.2 Å². The molecule has 0 aliphatic rings. The van der Waals surface area contributed by atoms with Crippen LogP contribution in [0.5, 0.6) is 5.75 Å². The monoisotopic (exact) mass is 256 g/mol. The number of hydrogen-bond acceptors (Lipinski definition) is 2. The van der Waals surface area contributed by atoms with E-state index < -0.39 is 5.97 Å². The first-order chi connectivity index (χ1) is 8.97. The molecule has 0 atom stereocenters. The average molecular weight is 256 g/mol. The normalized spacial score (nSPS) is 10.4. The van der Waals surface area contributed by atoms with Crippen molar-refractivity contribution in [3.63, 3.8) is 0 Å². The molecular formula is C16H16O3. The zero-order valence-electron chi connectivity index (χ0n) is 11.0. The number of hydrogen-bond donors (Lipinski definition) is 2. The summed E-state index contributed by atoms with van der Waals surface area (Å²) in [7, 11) is 0. The van der Waals surface area contributed by atoms with Crippen molar-refractivity contribution < 1.29 is 15.0 Å². The second-order valence-corrected chi connectivity index (χ2v) is 4.76. The number of phenols is 1. The summed E-state index contributed by atoms with van der Waals surface area (Å²) in [5, 5.41) is 18.6. The van der Waals surface area contributed by atoms with E-state index in [0.29, 0.717) is 11.3 Å². The minimum atomic E-state index is -0.914. The van der Waals surface area contributed by atoms with Crippen LogP contribution >= 0.6 is 0 Å². The SMILES string of the molecule is Cc1cc(Cc2ccc(C(=O)O)cc2)cc(C)c1O. The minimum Gasteiger partial charge on any atom is -0.507 e. The van der Waals surface area contributed by atoms with Crippen LogP contribution in [0.25, 0.3) is 0 Å². The summed E-state index contributed by atoms with van der Waals surface area (Å²) in [6.07, 6.45) is 0.724. The summed E-state index contributed by atoms with van der Waals surface area (Å²) < 4.78 is 0. The van der Waals surface area contributed by atoms with E-state index in [1.165, 1.54) is 0 Å². The van der Waals surface area contributed by atoms with Crippen molar-refractivity contribution in [1.82, 2.24) is 0 Å². The molecule has 98 valence electrons. The molecule has 19 heavy (non-hydrogen) atoms. The van der Waals surface area contributed by atoms with Gasteiger partial charge in [0.05, 0.1) is 5.56 Å². The molecule has 0 heterocycles. The molecule has 3 heteroatoms. The third kappa shape index (κ3) is 2.94. The molecule has 0 spiro atoms. The van der Waals surface area contributed by atoms with Crippen LogP contribution in [0.4, 0.5) is 0 Å². The maximum atomic E-state index is 10.8. The summed E-state index contributed by atoms with van der Waals surface area (Å²) in [4.78, 5) is 10.8. The Hall–Kier alpha value is -2.29. The highest BCUT2D eigenvalue weighted by molar-refractivity contribution is 5.87. The van der Waals surface area contributed by atoms with Gasteiger partial charge in [0.2, 0.25) is 0 Å². The number of phenolic OH excluding ortho intramolecular Hbond substituents is 1. The van der Waals surface area contributed by atoms with E-state index in [2.05, 4.69) is 0 Å². The molecule has 0 aliphatic carbocycles. The number of aryl methyl sites for hydroxylation is 2. The average Bonchev–Trinajstić information content (AvgIpc) is 2.36. The third-order valence-corrected chi connectivity index (χ3v) is 3.16. The zero-order chi connectivity index (χ0) is 14.0. The van der Waals surface area contributed by atoms with Gasteiger partial charge in [-0.3, -0.25) is 0 Å². The van der Waals surface area contributed by atoms with Gasteiger partial charge < -0.3 is 10.2 Å². The maximum absolute atomic E-state index is 10.8. The van der Waals surface area contributed by atoms with E-state index in [1.807, 2.05) is 38.1 Å². The Morgan fingerprint density at radius 3 is 2.00 bits per heavy atom. The van der Waals surface area contributed by atoms with Gasteiger partial charge in [0.1, 0.15) is 5.75 Å². The number of carboxylic acids is 1. The number of benzene rings is 2. The number of aromatic carboxylic acids is 1. The van der Waals surface area contributed by atoms with Gasteiger partial charge in [-0.05, 0) is 54.7 Å². The number of rotatable bonds is 3. The fraction of sp³-hybridized carbons (Fsp3) is 0.188. The fourth-order valence-corrected chi connectivity index (χ4v) is 2.15. The van der Waals surface area contributed by atoms with Crippen LogP contribution in [0, 0.1) is 13.8 Å². The summed E-state index contributed by atoms with van der Waals surface area (Å²) in [5.41, 5.74) is 4.17. The Labute approximate surface area is 112 Å². The van der Waals surface area contributed by atoms with Crippen molar-refractivity contribution >= 4 is 5.97 Å². The Balaban J connectivity index is 2.24. The smallest absolute Gasteiger partial charge is 0.335 e. The van der Waals surface area contributed by atoms with E-state index in [-0.39, 0.29) is 0 Å². The lowest BCUT2D eigenvalue weighted by atomic mass is 9.99. The number of carboxylic acid groups (broad SMARTS) is 1. The van der Waals surface area contributed by atoms with Crippen LogP contribution in [-0.4, -0.2) is 16.2 Å². The second-order valence-electron chi connectivity index (χ2n) is 4.76. The molecule has 0 aliphatic heterocycles. The standard InChI is InChI=1S/C16H16O3/c1-10-7-13(8-11(2)15(10)17)9-12-3-5-14(6-4-12)16(18)19/h3-8,17H,9H2,1-2H3,(H,18,19). The van der Waals surface area contributed by atoms with E-state index in [4.69, 9.17) is 5.11 Å². The van der Waals surface area contributed by atoms with Crippen LogP contribution in [0.1, 0.15) is 32.6 Å². The van der Waals surface area contributed by atoms with Gasteiger partial charge in [0.15, 0.2) is 0 Å². The van der Waals surface area contributed by atoms with Gasteiger partial charge in [0, 0.05) is 0 Å². The fourth-order valence-electron chi connectivity index (χ4n) is 2.15. The van der Waals surface area contributed by atoms with Crippen LogP contribution < -0.4 is 0 Å². The molecule has 3 nitrogen and oxygen atoms in total. The quantitative estimate of drug-likeness (QED) is 0.885. The van der Waals surface area contributed by atoms with E-state index in [1.54, 1.807) is 12.1 Å². The maximum Gasteiger partial charge on any atom is 0.335 e. The lowest BCUT2D eigenvalue weighted by Crippen LogP contribution is -1.97. The van der Waals surface area contributed by atoms with Crippen LogP contribution in [0.2, 0.25) is 0 Å². The summed E-state index contributed by atoms with van der Waals surface area (Å²) in [6, 6.07) is 10.8. The third-order valence-electron chi connectivity index (χ3n) is 3.16. The molecule has 0 aromatic heterocycles. The first-order valence-electron chi connectivity index (χ1n) is 6.08. The van der Waals surface area contributed by atoms with Crippen molar-refractivity contribution in [3.8, 4) is 5.75 Å². The first-order valence-corrected chi connectivity index (χ1v) is 6.08. The highest BCUT2D eigenvalue weighted by Crippen LogP contribution is 2.24. The van der Waals surface area contributed by atoms with E-state index in [0.717, 1.165) is 28.7 Å². The molecule has 0 radical (unpaired) electrons. The highest BCUT2D eigenvalue weighted by Gasteiger charge is 2.05. The molecule has 0 bridgehead atoms. The van der Waals surface area contributed by atoms with Gasteiger partial charge in [-0.1, -0.05) is 24.3 Å². The van der Waals surface area contributed by atoms with Gasteiger partial charge in [0.25, 0.3) is 0 Å². The number of aromatic hydroxyl groups is 1. The Kier molecular flexibility index (Phi) is 3.56. The van der Waals surface area contributed by atoms with Crippen molar-refractivity contribution in [2.75, 3.05) is 0 Å². The van der Waals surface area contributed by atoms with E-state index >= 15 is 0 Å². The molecule has 0 saturated heterocycles. The Morgan fingerprint density at radius 1 is 1.00 bits per heavy atom. The minimum absolute atomic E-state index is 0.293. The lowest BCUT2D eigenvalue weighted by molar-refractivity contribution is 0.0697. The predicted octanol–water partition coefficient (Wildman–Crippen LogP) is 3.30. The number of carbonyl (C=O) groups is 1. The Morgan fingerprint density at radius 2 is 1.53 bits per heavy atom. The topological polar surface area (TPSA) is 57.5 Å². The second kappa shape index (κ2) is 5.14. The molecule has 2 aromatic rings. The predicted molar refractivity (Wildman–Crippen MR) is 73.8 cm³/mol. The molecule has 2 aromatic carbocycles. The van der Waals surface area contributed by atoms with Gasteiger partial charge in [-0.15, -0.1) is 0 Å². The van der Waals surface area contributed by atoms with Gasteiger partial charge in [-0.25, -0.2) is 4.79 Å². The van der Waals surface area contributed by atoms with Crippen molar-refractivity contribution in [1.29, 1.82) is 0 Å². The van der Waals surface area contributed by atoms with Crippen LogP contribution in [0.15, 0.2) is 36.4 Å². The molecule has 0 fully saturated rings.